The fraction of sp³-hybridized carbons (Fsp3) is 0.412. The zero-order chi connectivity index (χ0) is 14.8. The summed E-state index contributed by atoms with van der Waals surface area (Å²) in [5.74, 6) is 2.43. The fourth-order valence-electron chi connectivity index (χ4n) is 2.69. The molecule has 2 aromatic rings. The van der Waals surface area contributed by atoms with Crippen molar-refractivity contribution >= 4 is 34.7 Å². The third kappa shape index (κ3) is 3.31. The molecule has 0 aliphatic carbocycles. The summed E-state index contributed by atoms with van der Waals surface area (Å²) in [7, 11) is 0. The average molecular weight is 338 g/mol. The summed E-state index contributed by atoms with van der Waals surface area (Å²) >= 11 is 10.3. The summed E-state index contributed by atoms with van der Waals surface area (Å²) in [6.45, 7) is 5.16. The van der Waals surface area contributed by atoms with Gasteiger partial charge in [0.1, 0.15) is 0 Å². The molecule has 2 heterocycles. The first-order chi connectivity index (χ1) is 10.2. The maximum Gasteiger partial charge on any atom is 0.0671 e. The van der Waals surface area contributed by atoms with Gasteiger partial charge in [0, 0.05) is 20.5 Å². The van der Waals surface area contributed by atoms with E-state index in [1.54, 1.807) is 4.88 Å². The Kier molecular flexibility index (Phi) is 4.95. The zero-order valence-corrected chi connectivity index (χ0v) is 14.8. The lowest BCUT2D eigenvalue weighted by molar-refractivity contribution is 0.639. The number of hydrogen-bond donors (Lipinski definition) is 1. The molecule has 0 fully saturated rings. The topological polar surface area (TPSA) is 12.0 Å². The zero-order valence-electron chi connectivity index (χ0n) is 12.4. The van der Waals surface area contributed by atoms with Crippen molar-refractivity contribution in [1.29, 1.82) is 0 Å². The van der Waals surface area contributed by atoms with Crippen LogP contribution in [0.1, 0.15) is 39.4 Å². The average Bonchev–Trinajstić information content (AvgIpc) is 2.91. The molecule has 1 unspecified atom stereocenters. The molecule has 0 saturated carbocycles. The van der Waals surface area contributed by atoms with E-state index in [2.05, 4.69) is 43.4 Å². The Morgan fingerprint density at radius 3 is 2.90 bits per heavy atom. The first-order valence-electron chi connectivity index (χ1n) is 7.37. The SMILES string of the molecule is CCNC(c1ccc(C)c(Cl)c1)c1cc2c(s1)CCSC2. The van der Waals surface area contributed by atoms with E-state index in [9.17, 15) is 0 Å². The Hall–Kier alpha value is -0.480. The van der Waals surface area contributed by atoms with Gasteiger partial charge < -0.3 is 5.32 Å². The number of thioether (sulfide) groups is 1. The molecule has 1 aliphatic rings. The molecule has 1 N–H and O–H groups in total. The third-order valence-electron chi connectivity index (χ3n) is 3.87. The predicted octanol–water partition coefficient (Wildman–Crippen LogP) is 5.20. The van der Waals surface area contributed by atoms with E-state index in [-0.39, 0.29) is 6.04 Å². The number of aryl methyl sites for hydroxylation is 2. The first-order valence-corrected chi connectivity index (χ1v) is 9.72. The van der Waals surface area contributed by atoms with E-state index in [4.69, 9.17) is 11.6 Å². The summed E-state index contributed by atoms with van der Waals surface area (Å²) in [6.07, 6.45) is 1.22. The number of thiophene rings is 1. The first kappa shape index (κ1) is 15.4. The maximum absolute atomic E-state index is 6.32. The van der Waals surface area contributed by atoms with Crippen molar-refractivity contribution < 1.29 is 0 Å². The quantitative estimate of drug-likeness (QED) is 0.823. The lowest BCUT2D eigenvalue weighted by Crippen LogP contribution is -2.21. The molecule has 21 heavy (non-hydrogen) atoms. The minimum atomic E-state index is 0.258. The van der Waals surface area contributed by atoms with E-state index in [0.717, 1.165) is 17.1 Å². The van der Waals surface area contributed by atoms with Crippen molar-refractivity contribution in [2.24, 2.45) is 0 Å². The Morgan fingerprint density at radius 1 is 1.33 bits per heavy atom. The molecule has 0 amide bonds. The Morgan fingerprint density at radius 2 is 2.19 bits per heavy atom. The second-order valence-electron chi connectivity index (χ2n) is 5.40. The van der Waals surface area contributed by atoms with Gasteiger partial charge in [-0.3, -0.25) is 0 Å². The van der Waals surface area contributed by atoms with Gasteiger partial charge in [-0.1, -0.05) is 30.7 Å². The lowest BCUT2D eigenvalue weighted by atomic mass is 10.0. The predicted molar refractivity (Wildman–Crippen MR) is 95.9 cm³/mol. The number of hydrogen-bond acceptors (Lipinski definition) is 3. The summed E-state index contributed by atoms with van der Waals surface area (Å²) in [6, 6.07) is 9.08. The largest absolute Gasteiger partial charge is 0.306 e. The van der Waals surface area contributed by atoms with Crippen molar-refractivity contribution in [3.8, 4) is 0 Å². The normalized spacial score (nSPS) is 15.8. The smallest absolute Gasteiger partial charge is 0.0671 e. The molecule has 1 aromatic heterocycles. The van der Waals surface area contributed by atoms with Crippen LogP contribution in [0.5, 0.6) is 0 Å². The molecular formula is C17H20ClNS2. The Bertz CT molecular complexity index is 612. The highest BCUT2D eigenvalue weighted by Gasteiger charge is 2.20. The molecule has 0 bridgehead atoms. The number of rotatable bonds is 4. The highest BCUT2D eigenvalue weighted by atomic mass is 35.5. The van der Waals surface area contributed by atoms with Crippen LogP contribution in [-0.2, 0) is 12.2 Å². The minimum Gasteiger partial charge on any atom is -0.306 e. The van der Waals surface area contributed by atoms with E-state index in [0.29, 0.717) is 0 Å². The molecule has 0 radical (unpaired) electrons. The van der Waals surface area contributed by atoms with Gasteiger partial charge in [0.2, 0.25) is 0 Å². The van der Waals surface area contributed by atoms with Crippen molar-refractivity contribution in [1.82, 2.24) is 5.32 Å². The van der Waals surface area contributed by atoms with Gasteiger partial charge in [-0.2, -0.15) is 11.8 Å². The van der Waals surface area contributed by atoms with Crippen LogP contribution in [-0.4, -0.2) is 12.3 Å². The number of halogens is 1. The number of fused-ring (bicyclic) bond motifs is 1. The van der Waals surface area contributed by atoms with E-state index in [1.165, 1.54) is 33.9 Å². The van der Waals surface area contributed by atoms with Gasteiger partial charge in [-0.15, -0.1) is 11.3 Å². The van der Waals surface area contributed by atoms with E-state index < -0.39 is 0 Å². The molecule has 1 aliphatic heterocycles. The summed E-state index contributed by atoms with van der Waals surface area (Å²) < 4.78 is 0. The highest BCUT2D eigenvalue weighted by Crippen LogP contribution is 2.37. The second-order valence-corrected chi connectivity index (χ2v) is 8.08. The third-order valence-corrected chi connectivity index (χ3v) is 6.59. The fourth-order valence-corrected chi connectivity index (χ4v) is 5.36. The van der Waals surface area contributed by atoms with Crippen LogP contribution < -0.4 is 5.32 Å². The second kappa shape index (κ2) is 6.74. The van der Waals surface area contributed by atoms with Crippen LogP contribution in [0.2, 0.25) is 5.02 Å². The molecular weight excluding hydrogens is 318 g/mol. The number of benzene rings is 1. The van der Waals surface area contributed by atoms with Crippen LogP contribution in [0.25, 0.3) is 0 Å². The molecule has 3 rings (SSSR count). The van der Waals surface area contributed by atoms with Gasteiger partial charge in [0.05, 0.1) is 6.04 Å². The van der Waals surface area contributed by atoms with Gasteiger partial charge >= 0.3 is 0 Å². The minimum absolute atomic E-state index is 0.258. The van der Waals surface area contributed by atoms with Crippen LogP contribution in [0.15, 0.2) is 24.3 Å². The molecule has 0 spiro atoms. The molecule has 1 nitrogen and oxygen atoms in total. The van der Waals surface area contributed by atoms with Crippen LogP contribution in [0.4, 0.5) is 0 Å². The number of nitrogens with one attached hydrogen (secondary N) is 1. The van der Waals surface area contributed by atoms with Gasteiger partial charge in [-0.25, -0.2) is 0 Å². The van der Waals surface area contributed by atoms with E-state index in [1.807, 2.05) is 23.1 Å². The van der Waals surface area contributed by atoms with Gasteiger partial charge in [0.25, 0.3) is 0 Å². The summed E-state index contributed by atoms with van der Waals surface area (Å²) in [5, 5.41) is 4.47. The van der Waals surface area contributed by atoms with Crippen LogP contribution in [0, 0.1) is 6.92 Å². The van der Waals surface area contributed by atoms with Crippen molar-refractivity contribution in [3.05, 3.63) is 55.7 Å². The van der Waals surface area contributed by atoms with Crippen LogP contribution >= 0.6 is 34.7 Å². The Balaban J connectivity index is 1.96. The molecule has 112 valence electrons. The van der Waals surface area contributed by atoms with Crippen molar-refractivity contribution in [2.45, 2.75) is 32.1 Å². The summed E-state index contributed by atoms with van der Waals surface area (Å²) in [4.78, 5) is 2.99. The van der Waals surface area contributed by atoms with E-state index >= 15 is 0 Å². The monoisotopic (exact) mass is 337 g/mol. The standard InChI is InChI=1S/C17H20ClNS2/c1-3-19-17(12-5-4-11(2)14(18)8-12)16-9-13-10-20-7-6-15(13)21-16/h4-5,8-9,17,19H,3,6-7,10H2,1-2H3. The Labute approximate surface area is 140 Å². The summed E-state index contributed by atoms with van der Waals surface area (Å²) in [5.41, 5.74) is 3.93. The molecule has 1 atom stereocenters. The maximum atomic E-state index is 6.32. The van der Waals surface area contributed by atoms with Crippen LogP contribution in [0.3, 0.4) is 0 Å². The highest BCUT2D eigenvalue weighted by molar-refractivity contribution is 7.98. The molecule has 1 aromatic carbocycles. The molecule has 0 saturated heterocycles. The molecule has 4 heteroatoms. The van der Waals surface area contributed by atoms with Crippen molar-refractivity contribution in [2.75, 3.05) is 12.3 Å². The van der Waals surface area contributed by atoms with Gasteiger partial charge in [0.15, 0.2) is 0 Å². The van der Waals surface area contributed by atoms with Crippen molar-refractivity contribution in [3.63, 3.8) is 0 Å². The lowest BCUT2D eigenvalue weighted by Gasteiger charge is -2.17. The van der Waals surface area contributed by atoms with Gasteiger partial charge in [-0.05, 0) is 54.5 Å².